The number of nitrogens with zero attached hydrogens (tertiary/aromatic N) is 2. The normalized spacial score (nSPS) is 10.6. The molecule has 266 valence electrons. The van der Waals surface area contributed by atoms with Gasteiger partial charge in [-0.2, -0.15) is 0 Å². The molecule has 0 heterocycles. The van der Waals surface area contributed by atoms with Gasteiger partial charge in [0.2, 0.25) is 0 Å². The van der Waals surface area contributed by atoms with Crippen molar-refractivity contribution in [1.29, 1.82) is 0 Å². The summed E-state index contributed by atoms with van der Waals surface area (Å²) in [6, 6.07) is 25.5. The van der Waals surface area contributed by atoms with Crippen LogP contribution in [0.25, 0.3) is 0 Å². The molecule has 0 bridgehead atoms. The fraction of sp³-hybridized carbons (Fsp3) is 0.206. The molecule has 4 rings (SSSR count). The molecule has 0 aliphatic carbocycles. The van der Waals surface area contributed by atoms with E-state index in [0.29, 0.717) is 32.7 Å². The number of rotatable bonds is 19. The Bertz CT molecular complexity index is 1740. The number of benzene rings is 4. The molecular formula is C34H31ClN4O10S2. The Kier molecular flexibility index (Phi) is 14.9. The van der Waals surface area contributed by atoms with Crippen LogP contribution in [-0.4, -0.2) is 64.3 Å². The van der Waals surface area contributed by atoms with Crippen LogP contribution in [0.15, 0.2) is 107 Å². The Morgan fingerprint density at radius 1 is 0.667 bits per heavy atom. The summed E-state index contributed by atoms with van der Waals surface area (Å²) in [5, 5.41) is 28.0. The lowest BCUT2D eigenvalue weighted by Crippen LogP contribution is -2.24. The van der Waals surface area contributed by atoms with Gasteiger partial charge in [0.1, 0.15) is 6.10 Å². The smallest absolute Gasteiger partial charge is 0.310 e. The van der Waals surface area contributed by atoms with Crippen molar-refractivity contribution in [2.24, 2.45) is 0 Å². The molecule has 0 aliphatic heterocycles. The first-order valence-electron chi connectivity index (χ1n) is 15.2. The topological polar surface area (TPSA) is 189 Å². The summed E-state index contributed by atoms with van der Waals surface area (Å²) in [6.07, 6.45) is -0.613. The summed E-state index contributed by atoms with van der Waals surface area (Å²) < 4.78 is 16.5. The number of nitro benzene ring substituents is 2. The van der Waals surface area contributed by atoms with Crippen LogP contribution in [0.3, 0.4) is 0 Å². The monoisotopic (exact) mass is 754 g/mol. The lowest BCUT2D eigenvalue weighted by molar-refractivity contribution is -0.386. The van der Waals surface area contributed by atoms with Gasteiger partial charge in [-0.25, -0.2) is 0 Å². The molecule has 4 aromatic rings. The number of hydrogen-bond acceptors (Lipinski definition) is 12. The highest BCUT2D eigenvalue weighted by molar-refractivity contribution is 8.00. The van der Waals surface area contributed by atoms with E-state index in [1.807, 2.05) is 0 Å². The number of para-hydroxylation sites is 6. The number of amides is 2. The summed E-state index contributed by atoms with van der Waals surface area (Å²) in [5.41, 5.74) is 0.412. The van der Waals surface area contributed by atoms with Crippen molar-refractivity contribution in [3.8, 4) is 11.5 Å². The molecule has 0 aliphatic rings. The third-order valence-electron chi connectivity index (χ3n) is 6.61. The van der Waals surface area contributed by atoms with Gasteiger partial charge in [-0.3, -0.25) is 34.6 Å². The van der Waals surface area contributed by atoms with Crippen molar-refractivity contribution in [3.05, 3.63) is 117 Å². The van der Waals surface area contributed by atoms with Crippen LogP contribution >= 0.6 is 35.1 Å². The van der Waals surface area contributed by atoms with E-state index in [4.69, 9.17) is 25.8 Å². The Hall–Kier alpha value is -5.32. The first-order valence-corrected chi connectivity index (χ1v) is 17.7. The lowest BCUT2D eigenvalue weighted by Gasteiger charge is -2.19. The molecule has 2 N–H and O–H groups in total. The largest absolute Gasteiger partial charge is 0.477 e. The third kappa shape index (κ3) is 12.2. The lowest BCUT2D eigenvalue weighted by atomic mass is 10.3. The molecule has 0 saturated carbocycles. The fourth-order valence-electron chi connectivity index (χ4n) is 4.31. The zero-order chi connectivity index (χ0) is 36.6. The van der Waals surface area contributed by atoms with Crippen LogP contribution in [0.2, 0.25) is 0 Å². The molecule has 0 fully saturated rings. The summed E-state index contributed by atoms with van der Waals surface area (Å²) in [6.45, 7) is -0.930. The van der Waals surface area contributed by atoms with Gasteiger partial charge in [0.15, 0.2) is 24.7 Å². The minimum Gasteiger partial charge on any atom is -0.477 e. The molecule has 0 unspecified atom stereocenters. The van der Waals surface area contributed by atoms with E-state index in [1.165, 1.54) is 59.9 Å². The predicted molar refractivity (Wildman–Crippen MR) is 194 cm³/mol. The third-order valence-corrected chi connectivity index (χ3v) is 9.21. The van der Waals surface area contributed by atoms with E-state index in [-0.39, 0.29) is 35.2 Å². The minimum atomic E-state index is -0.618. The quantitative estimate of drug-likeness (QED) is 0.0330. The minimum absolute atomic E-state index is 0.00578. The van der Waals surface area contributed by atoms with Crippen molar-refractivity contribution in [3.63, 3.8) is 0 Å². The van der Waals surface area contributed by atoms with Gasteiger partial charge in [-0.1, -0.05) is 48.5 Å². The van der Waals surface area contributed by atoms with Crippen molar-refractivity contribution in [1.82, 2.24) is 0 Å². The summed E-state index contributed by atoms with van der Waals surface area (Å²) in [7, 11) is 0. The van der Waals surface area contributed by atoms with Crippen molar-refractivity contribution >= 4 is 75.7 Å². The molecule has 17 heteroatoms. The number of nitro groups is 2. The van der Waals surface area contributed by atoms with E-state index in [9.17, 15) is 34.6 Å². The molecule has 51 heavy (non-hydrogen) atoms. The van der Waals surface area contributed by atoms with Gasteiger partial charge < -0.3 is 24.8 Å². The zero-order valence-electron chi connectivity index (χ0n) is 26.7. The number of halogens is 1. The highest BCUT2D eigenvalue weighted by atomic mass is 35.5. The van der Waals surface area contributed by atoms with E-state index >= 15 is 0 Å². The molecule has 0 radical (unpaired) electrons. The Morgan fingerprint density at radius 2 is 1.08 bits per heavy atom. The maximum Gasteiger partial charge on any atom is 0.310 e. The molecule has 0 atom stereocenters. The van der Waals surface area contributed by atoms with Gasteiger partial charge in [-0.05, 0) is 36.4 Å². The van der Waals surface area contributed by atoms with Crippen LogP contribution in [0, 0.1) is 20.2 Å². The van der Waals surface area contributed by atoms with Crippen LogP contribution in [0.5, 0.6) is 11.5 Å². The second-order valence-corrected chi connectivity index (χ2v) is 12.8. The summed E-state index contributed by atoms with van der Waals surface area (Å²) in [5.74, 6) is -0.963. The number of alkyl halides is 1. The van der Waals surface area contributed by atoms with Crippen molar-refractivity contribution < 1.29 is 38.4 Å². The van der Waals surface area contributed by atoms with Crippen LogP contribution in [0.1, 0.15) is 6.42 Å². The maximum atomic E-state index is 12.7. The van der Waals surface area contributed by atoms with E-state index in [0.717, 1.165) is 0 Å². The first kappa shape index (κ1) is 38.5. The average molecular weight is 755 g/mol. The molecule has 0 spiro atoms. The van der Waals surface area contributed by atoms with E-state index < -0.39 is 46.9 Å². The Labute approximate surface area is 305 Å². The number of thioether (sulfide) groups is 2. The zero-order valence-corrected chi connectivity index (χ0v) is 29.1. The number of carbonyl (C=O) groups is 3. The van der Waals surface area contributed by atoms with Gasteiger partial charge in [0.05, 0.1) is 27.6 Å². The number of carbonyl (C=O) groups excluding carboxylic acids is 3. The highest BCUT2D eigenvalue weighted by Crippen LogP contribution is 2.33. The second kappa shape index (κ2) is 19.8. The van der Waals surface area contributed by atoms with Crippen molar-refractivity contribution in [2.75, 3.05) is 41.2 Å². The van der Waals surface area contributed by atoms with Crippen LogP contribution < -0.4 is 20.1 Å². The molecule has 0 saturated heterocycles. The molecule has 2 amide bonds. The number of anilines is 2. The molecule has 14 nitrogen and oxygen atoms in total. The second-order valence-electron chi connectivity index (χ2n) is 10.3. The van der Waals surface area contributed by atoms with Gasteiger partial charge >= 0.3 is 17.3 Å². The number of hydrogen-bond donors (Lipinski definition) is 2. The van der Waals surface area contributed by atoms with Crippen LogP contribution in [0.4, 0.5) is 22.7 Å². The predicted octanol–water partition coefficient (Wildman–Crippen LogP) is 6.96. The first-order chi connectivity index (χ1) is 24.6. The standard InChI is InChI=1S/C34H31ClN4O10S2/c35-18-17-34(42)49-23(21-50-30-15-7-1-9-24(30)36-32(40)19-47-28-13-5-3-11-26(28)38(43)44)22-51-31-16-8-2-10-25(31)37-33(41)20-48-29-14-6-4-12-27(29)39(45)46/h1-16,23H,17-22H2,(H,36,40)(H,37,41). The number of nitrogens with one attached hydrogen (secondary N) is 2. The molecule has 4 aromatic carbocycles. The Balaban J connectivity index is 1.37. The average Bonchev–Trinajstić information content (AvgIpc) is 3.12. The molecule has 0 aromatic heterocycles. The molecular weight excluding hydrogens is 724 g/mol. The number of ether oxygens (including phenoxy) is 3. The van der Waals surface area contributed by atoms with Gasteiger partial charge in [-0.15, -0.1) is 35.1 Å². The van der Waals surface area contributed by atoms with Crippen LogP contribution in [-0.2, 0) is 19.1 Å². The SMILES string of the molecule is O=C(COc1ccccc1[N+](=O)[O-])Nc1ccccc1SCC(CSc1ccccc1NC(=O)COc1ccccc1[N+](=O)[O-])OC(=O)CCCl. The van der Waals surface area contributed by atoms with Crippen molar-refractivity contribution in [2.45, 2.75) is 22.3 Å². The van der Waals surface area contributed by atoms with Gasteiger partial charge in [0, 0.05) is 39.3 Å². The highest BCUT2D eigenvalue weighted by Gasteiger charge is 2.20. The summed E-state index contributed by atoms with van der Waals surface area (Å²) >= 11 is 8.43. The fourth-order valence-corrected chi connectivity index (χ4v) is 6.62. The Morgan fingerprint density at radius 3 is 1.51 bits per heavy atom. The summed E-state index contributed by atoms with van der Waals surface area (Å²) in [4.78, 5) is 60.6. The maximum absolute atomic E-state index is 12.7. The van der Waals surface area contributed by atoms with Gasteiger partial charge in [0.25, 0.3) is 11.8 Å². The number of esters is 1. The van der Waals surface area contributed by atoms with E-state index in [2.05, 4.69) is 10.6 Å². The van der Waals surface area contributed by atoms with E-state index in [1.54, 1.807) is 60.7 Å².